The molecule has 0 saturated carbocycles. The van der Waals surface area contributed by atoms with Crippen LogP contribution in [0.4, 0.5) is 0 Å². The largest absolute Gasteiger partial charge is 0.392 e. The molecule has 0 amide bonds. The van der Waals surface area contributed by atoms with E-state index in [4.69, 9.17) is 4.74 Å². The van der Waals surface area contributed by atoms with Crippen molar-refractivity contribution in [3.63, 3.8) is 0 Å². The summed E-state index contributed by atoms with van der Waals surface area (Å²) in [5, 5.41) is 0. The monoisotopic (exact) mass is 304 g/mol. The van der Waals surface area contributed by atoms with Crippen molar-refractivity contribution in [3.05, 3.63) is 71.8 Å². The number of carbonyl (C=O) groups is 2. The Kier molecular flexibility index (Phi) is 3.34. The van der Waals surface area contributed by atoms with Gasteiger partial charge >= 0.3 is 11.9 Å². The number of carbonyl (C=O) groups excluding carboxylic acids is 2. The van der Waals surface area contributed by atoms with E-state index in [0.29, 0.717) is 6.42 Å². The minimum absolute atomic E-state index is 0.342. The average molecular weight is 304 g/mol. The van der Waals surface area contributed by atoms with Crippen LogP contribution in [0.2, 0.25) is 0 Å². The van der Waals surface area contributed by atoms with E-state index in [1.165, 1.54) is 0 Å². The summed E-state index contributed by atoms with van der Waals surface area (Å²) in [6.07, 6.45) is 1.44. The van der Waals surface area contributed by atoms with E-state index in [-0.39, 0.29) is 11.9 Å². The molecule has 2 aromatic rings. The van der Waals surface area contributed by atoms with Crippen LogP contribution >= 0.6 is 0 Å². The average Bonchev–Trinajstić information content (AvgIpc) is 2.90. The number of hydrogen-bond donors (Lipinski definition) is 0. The van der Waals surface area contributed by atoms with Crippen molar-refractivity contribution >= 4 is 23.1 Å². The van der Waals surface area contributed by atoms with Gasteiger partial charge in [0.25, 0.3) is 0 Å². The van der Waals surface area contributed by atoms with Gasteiger partial charge in [0.2, 0.25) is 0 Å². The Labute approximate surface area is 134 Å². The number of esters is 2. The molecule has 4 rings (SSSR count). The van der Waals surface area contributed by atoms with Gasteiger partial charge in [-0.3, -0.25) is 9.59 Å². The summed E-state index contributed by atoms with van der Waals surface area (Å²) in [5.41, 5.74) is 4.19. The zero-order valence-corrected chi connectivity index (χ0v) is 12.6. The summed E-state index contributed by atoms with van der Waals surface area (Å²) in [6, 6.07) is 19.9. The lowest BCUT2D eigenvalue weighted by molar-refractivity contribution is -0.153. The molecular formula is C20H16O3. The third-order valence-corrected chi connectivity index (χ3v) is 4.71. The highest BCUT2D eigenvalue weighted by molar-refractivity contribution is 6.09. The van der Waals surface area contributed by atoms with Crippen LogP contribution in [-0.2, 0) is 14.3 Å². The SMILES string of the molecule is O=C1OC(=O)[C@@H]2CCC(c3ccccc3)=C(c3ccccc3)[C@H]12. The predicted molar refractivity (Wildman–Crippen MR) is 87.0 cm³/mol. The first-order valence-corrected chi connectivity index (χ1v) is 7.85. The van der Waals surface area contributed by atoms with Crippen molar-refractivity contribution in [3.8, 4) is 0 Å². The Morgan fingerprint density at radius 3 is 2.04 bits per heavy atom. The first kappa shape index (κ1) is 13.9. The maximum Gasteiger partial charge on any atom is 0.321 e. The summed E-state index contributed by atoms with van der Waals surface area (Å²) < 4.78 is 4.93. The molecule has 2 aliphatic rings. The predicted octanol–water partition coefficient (Wildman–Crippen LogP) is 3.71. The van der Waals surface area contributed by atoms with Crippen LogP contribution < -0.4 is 0 Å². The van der Waals surface area contributed by atoms with Crippen molar-refractivity contribution < 1.29 is 14.3 Å². The van der Waals surface area contributed by atoms with E-state index in [2.05, 4.69) is 12.1 Å². The molecule has 1 aliphatic carbocycles. The fourth-order valence-corrected chi connectivity index (χ4v) is 3.68. The normalized spacial score (nSPS) is 23.7. The first-order valence-electron chi connectivity index (χ1n) is 7.85. The smallest absolute Gasteiger partial charge is 0.321 e. The second-order valence-electron chi connectivity index (χ2n) is 5.99. The van der Waals surface area contributed by atoms with Crippen LogP contribution in [0.1, 0.15) is 24.0 Å². The Morgan fingerprint density at radius 1 is 0.783 bits per heavy atom. The number of cyclic esters (lactones) is 2. The van der Waals surface area contributed by atoms with Gasteiger partial charge in [-0.15, -0.1) is 0 Å². The molecular weight excluding hydrogens is 288 g/mol. The summed E-state index contributed by atoms with van der Waals surface area (Å²) >= 11 is 0. The van der Waals surface area contributed by atoms with Crippen LogP contribution in [-0.4, -0.2) is 11.9 Å². The number of hydrogen-bond acceptors (Lipinski definition) is 3. The van der Waals surface area contributed by atoms with Crippen molar-refractivity contribution in [2.24, 2.45) is 11.8 Å². The van der Waals surface area contributed by atoms with Crippen LogP contribution in [0.15, 0.2) is 60.7 Å². The van der Waals surface area contributed by atoms with Crippen molar-refractivity contribution in [2.45, 2.75) is 12.8 Å². The molecule has 0 spiro atoms. The van der Waals surface area contributed by atoms with Gasteiger partial charge in [-0.05, 0) is 35.1 Å². The molecule has 0 N–H and O–H groups in total. The lowest BCUT2D eigenvalue weighted by Crippen LogP contribution is -2.24. The van der Waals surface area contributed by atoms with Crippen molar-refractivity contribution in [1.82, 2.24) is 0 Å². The molecule has 0 aromatic heterocycles. The van der Waals surface area contributed by atoms with E-state index < -0.39 is 11.9 Å². The Balaban J connectivity index is 1.94. The molecule has 2 aromatic carbocycles. The minimum atomic E-state index is -0.478. The zero-order chi connectivity index (χ0) is 15.8. The zero-order valence-electron chi connectivity index (χ0n) is 12.6. The molecule has 0 unspecified atom stereocenters. The summed E-state index contributed by atoms with van der Waals surface area (Å²) in [5.74, 6) is -1.61. The van der Waals surface area contributed by atoms with Gasteiger partial charge in [-0.25, -0.2) is 0 Å². The Hall–Kier alpha value is -2.68. The van der Waals surface area contributed by atoms with E-state index in [9.17, 15) is 9.59 Å². The second kappa shape index (κ2) is 5.51. The number of rotatable bonds is 2. The first-order chi connectivity index (χ1) is 11.3. The quantitative estimate of drug-likeness (QED) is 0.627. The molecule has 0 radical (unpaired) electrons. The topological polar surface area (TPSA) is 43.4 Å². The Bertz CT molecular complexity index is 790. The highest BCUT2D eigenvalue weighted by atomic mass is 16.6. The molecule has 3 heteroatoms. The molecule has 3 nitrogen and oxygen atoms in total. The maximum atomic E-state index is 12.3. The van der Waals surface area contributed by atoms with Crippen LogP contribution in [0.25, 0.3) is 11.1 Å². The fourth-order valence-electron chi connectivity index (χ4n) is 3.68. The van der Waals surface area contributed by atoms with Crippen LogP contribution in [0.3, 0.4) is 0 Å². The van der Waals surface area contributed by atoms with Gasteiger partial charge in [-0.2, -0.15) is 0 Å². The summed E-state index contributed by atoms with van der Waals surface area (Å²) in [7, 11) is 0. The number of benzene rings is 2. The molecule has 1 heterocycles. The number of fused-ring (bicyclic) bond motifs is 1. The maximum absolute atomic E-state index is 12.3. The highest BCUT2D eigenvalue weighted by Crippen LogP contribution is 2.47. The third kappa shape index (κ3) is 2.29. The van der Waals surface area contributed by atoms with Crippen molar-refractivity contribution in [2.75, 3.05) is 0 Å². The van der Waals surface area contributed by atoms with Crippen molar-refractivity contribution in [1.29, 1.82) is 0 Å². The fraction of sp³-hybridized carbons (Fsp3) is 0.200. The molecule has 0 bridgehead atoms. The van der Waals surface area contributed by atoms with Gasteiger partial charge in [0.1, 0.15) is 0 Å². The minimum Gasteiger partial charge on any atom is -0.392 e. The van der Waals surface area contributed by atoms with Crippen LogP contribution in [0.5, 0.6) is 0 Å². The number of ether oxygens (including phenoxy) is 1. The Morgan fingerprint density at radius 2 is 1.39 bits per heavy atom. The lowest BCUT2D eigenvalue weighted by atomic mass is 9.72. The molecule has 2 atom stereocenters. The van der Waals surface area contributed by atoms with Crippen LogP contribution in [0, 0.1) is 11.8 Å². The number of allylic oxidation sites excluding steroid dienone is 1. The van der Waals surface area contributed by atoms with Gasteiger partial charge in [0.05, 0.1) is 11.8 Å². The molecule has 114 valence electrons. The van der Waals surface area contributed by atoms with E-state index in [1.807, 2.05) is 48.5 Å². The van der Waals surface area contributed by atoms with E-state index in [0.717, 1.165) is 28.7 Å². The third-order valence-electron chi connectivity index (χ3n) is 4.71. The molecule has 23 heavy (non-hydrogen) atoms. The van der Waals surface area contributed by atoms with E-state index >= 15 is 0 Å². The summed E-state index contributed by atoms with van der Waals surface area (Å²) in [6.45, 7) is 0. The standard InChI is InChI=1S/C20H16O3/c21-19-16-12-11-15(13-7-3-1-4-8-13)17(18(16)20(22)23-19)14-9-5-2-6-10-14/h1-10,16,18H,11-12H2/t16-,18-/m1/s1. The van der Waals surface area contributed by atoms with Gasteiger partial charge in [0.15, 0.2) is 0 Å². The molecule has 1 saturated heterocycles. The molecule has 1 fully saturated rings. The molecule has 1 aliphatic heterocycles. The van der Waals surface area contributed by atoms with Gasteiger partial charge < -0.3 is 4.74 Å². The van der Waals surface area contributed by atoms with Gasteiger partial charge in [0, 0.05) is 0 Å². The summed E-state index contributed by atoms with van der Waals surface area (Å²) in [4.78, 5) is 24.3. The van der Waals surface area contributed by atoms with E-state index in [1.54, 1.807) is 0 Å². The second-order valence-corrected chi connectivity index (χ2v) is 5.99. The lowest BCUT2D eigenvalue weighted by Gasteiger charge is -2.27. The highest BCUT2D eigenvalue weighted by Gasteiger charge is 2.49. The van der Waals surface area contributed by atoms with Gasteiger partial charge in [-0.1, -0.05) is 60.7 Å².